The second kappa shape index (κ2) is 9.67. The van der Waals surface area contributed by atoms with Crippen molar-refractivity contribution in [1.29, 1.82) is 0 Å². The molecule has 1 N–H and O–H groups in total. The lowest BCUT2D eigenvalue weighted by Crippen LogP contribution is -2.29. The van der Waals surface area contributed by atoms with Crippen LogP contribution in [0, 0.1) is 0 Å². The second-order valence-electron chi connectivity index (χ2n) is 7.08. The molecule has 2 rings (SSSR count). The minimum atomic E-state index is -4.17. The van der Waals surface area contributed by atoms with Gasteiger partial charge in [0.2, 0.25) is 0 Å². The number of hydrogen-bond donors (Lipinski definition) is 1. The SMILES string of the molecule is C=C(/C=C(C)\C=C/C)OC1CCC(Nc2ccc(CC(F)(F)F)cc2)CC1. The molecule has 0 bridgehead atoms. The molecule has 148 valence electrons. The van der Waals surface area contributed by atoms with Crippen LogP contribution in [0.4, 0.5) is 18.9 Å². The molecule has 0 unspecified atom stereocenters. The van der Waals surface area contributed by atoms with Crippen LogP contribution in [0.25, 0.3) is 0 Å². The van der Waals surface area contributed by atoms with E-state index >= 15 is 0 Å². The van der Waals surface area contributed by atoms with E-state index < -0.39 is 12.6 Å². The Labute approximate surface area is 159 Å². The Morgan fingerprint density at radius 1 is 1.19 bits per heavy atom. The smallest absolute Gasteiger partial charge is 0.393 e. The fraction of sp³-hybridized carbons (Fsp3) is 0.455. The van der Waals surface area contributed by atoms with Crippen LogP contribution in [0.3, 0.4) is 0 Å². The third-order valence-corrected chi connectivity index (χ3v) is 4.54. The minimum Gasteiger partial charge on any atom is -0.491 e. The number of nitrogens with one attached hydrogen (secondary N) is 1. The molecule has 0 spiro atoms. The van der Waals surface area contributed by atoms with Crippen molar-refractivity contribution >= 4 is 5.69 Å². The lowest BCUT2D eigenvalue weighted by molar-refractivity contribution is -0.127. The number of ether oxygens (including phenoxy) is 1. The molecule has 1 aliphatic carbocycles. The van der Waals surface area contributed by atoms with Crippen LogP contribution in [0.15, 0.2) is 60.4 Å². The number of benzene rings is 1. The standard InChI is InChI=1S/C22H28F3NO/c1-4-5-16(2)14-17(3)27-21-12-10-20(11-13-21)26-19-8-6-18(7-9-19)15-22(23,24)25/h4-9,14,20-21,26H,3,10-13,15H2,1-2H3/b5-4-,16-14-. The Kier molecular flexibility index (Phi) is 7.57. The van der Waals surface area contributed by atoms with Gasteiger partial charge < -0.3 is 10.1 Å². The van der Waals surface area contributed by atoms with Crippen LogP contribution in [0.5, 0.6) is 0 Å². The highest BCUT2D eigenvalue weighted by Gasteiger charge is 2.27. The van der Waals surface area contributed by atoms with E-state index in [0.29, 0.717) is 11.8 Å². The summed E-state index contributed by atoms with van der Waals surface area (Å²) in [7, 11) is 0. The van der Waals surface area contributed by atoms with E-state index in [0.717, 1.165) is 36.9 Å². The maximum atomic E-state index is 12.4. The van der Waals surface area contributed by atoms with Crippen LogP contribution in [-0.4, -0.2) is 18.3 Å². The molecule has 0 heterocycles. The number of hydrogen-bond acceptors (Lipinski definition) is 2. The van der Waals surface area contributed by atoms with Crippen LogP contribution in [0.2, 0.25) is 0 Å². The molecule has 1 aliphatic rings. The largest absolute Gasteiger partial charge is 0.491 e. The van der Waals surface area contributed by atoms with Gasteiger partial charge in [-0.05, 0) is 68.9 Å². The first-order valence-electron chi connectivity index (χ1n) is 9.34. The summed E-state index contributed by atoms with van der Waals surface area (Å²) in [6.45, 7) is 7.94. The topological polar surface area (TPSA) is 21.3 Å². The summed E-state index contributed by atoms with van der Waals surface area (Å²) < 4.78 is 43.2. The van der Waals surface area contributed by atoms with Crippen LogP contribution >= 0.6 is 0 Å². The lowest BCUT2D eigenvalue weighted by Gasteiger charge is -2.30. The molecule has 5 heteroatoms. The maximum Gasteiger partial charge on any atom is 0.393 e. The van der Waals surface area contributed by atoms with Crippen molar-refractivity contribution in [3.8, 4) is 0 Å². The Balaban J connectivity index is 1.77. The van der Waals surface area contributed by atoms with E-state index in [1.54, 1.807) is 12.1 Å². The number of allylic oxidation sites excluding steroid dienone is 4. The van der Waals surface area contributed by atoms with E-state index in [-0.39, 0.29) is 11.7 Å². The Morgan fingerprint density at radius 3 is 2.37 bits per heavy atom. The van der Waals surface area contributed by atoms with Gasteiger partial charge in [0, 0.05) is 11.7 Å². The monoisotopic (exact) mass is 379 g/mol. The van der Waals surface area contributed by atoms with Gasteiger partial charge in [-0.2, -0.15) is 13.2 Å². The highest BCUT2D eigenvalue weighted by Crippen LogP contribution is 2.27. The quantitative estimate of drug-likeness (QED) is 0.427. The van der Waals surface area contributed by atoms with Gasteiger partial charge in [-0.1, -0.05) is 30.9 Å². The first kappa shape index (κ1) is 21.1. The zero-order valence-electron chi connectivity index (χ0n) is 16.0. The maximum absolute atomic E-state index is 12.4. The molecular formula is C22H28F3NO. The summed E-state index contributed by atoms with van der Waals surface area (Å²) >= 11 is 0. The molecule has 27 heavy (non-hydrogen) atoms. The highest BCUT2D eigenvalue weighted by molar-refractivity contribution is 5.45. The molecular weight excluding hydrogens is 351 g/mol. The first-order chi connectivity index (χ1) is 12.7. The fourth-order valence-corrected chi connectivity index (χ4v) is 3.32. The van der Waals surface area contributed by atoms with E-state index in [1.807, 2.05) is 32.1 Å². The Morgan fingerprint density at radius 2 is 1.81 bits per heavy atom. The van der Waals surface area contributed by atoms with Gasteiger partial charge in [0.25, 0.3) is 0 Å². The van der Waals surface area contributed by atoms with Crippen LogP contribution in [0.1, 0.15) is 45.1 Å². The van der Waals surface area contributed by atoms with Gasteiger partial charge in [-0.15, -0.1) is 0 Å². The number of rotatable bonds is 7. The zero-order chi connectivity index (χ0) is 19.9. The lowest BCUT2D eigenvalue weighted by atomic mass is 9.92. The van der Waals surface area contributed by atoms with E-state index in [4.69, 9.17) is 4.74 Å². The van der Waals surface area contributed by atoms with Crippen molar-refractivity contribution in [3.63, 3.8) is 0 Å². The summed E-state index contributed by atoms with van der Waals surface area (Å²) in [5.74, 6) is 0.683. The third-order valence-electron chi connectivity index (χ3n) is 4.54. The molecule has 0 atom stereocenters. The van der Waals surface area contributed by atoms with Crippen molar-refractivity contribution in [3.05, 3.63) is 66.0 Å². The molecule has 1 saturated carbocycles. The summed E-state index contributed by atoms with van der Waals surface area (Å²) in [5, 5.41) is 3.41. The molecule has 0 radical (unpaired) electrons. The van der Waals surface area contributed by atoms with Crippen molar-refractivity contribution in [2.45, 2.75) is 64.3 Å². The molecule has 1 aromatic rings. The van der Waals surface area contributed by atoms with Crippen LogP contribution < -0.4 is 5.32 Å². The summed E-state index contributed by atoms with van der Waals surface area (Å²) in [6.07, 6.45) is 4.81. The van der Waals surface area contributed by atoms with Gasteiger partial charge in [0.05, 0.1) is 12.5 Å². The number of halogens is 3. The van der Waals surface area contributed by atoms with Crippen LogP contribution in [-0.2, 0) is 11.2 Å². The van der Waals surface area contributed by atoms with Crippen molar-refractivity contribution in [2.75, 3.05) is 5.32 Å². The van der Waals surface area contributed by atoms with Gasteiger partial charge in [-0.25, -0.2) is 0 Å². The third kappa shape index (κ3) is 7.94. The first-order valence-corrected chi connectivity index (χ1v) is 9.34. The van der Waals surface area contributed by atoms with E-state index in [2.05, 4.69) is 11.9 Å². The molecule has 1 fully saturated rings. The van der Waals surface area contributed by atoms with Crippen molar-refractivity contribution < 1.29 is 17.9 Å². The van der Waals surface area contributed by atoms with Crippen molar-refractivity contribution in [1.82, 2.24) is 0 Å². The van der Waals surface area contributed by atoms with Gasteiger partial charge in [0.15, 0.2) is 0 Å². The second-order valence-corrected chi connectivity index (χ2v) is 7.08. The molecule has 0 aliphatic heterocycles. The number of anilines is 1. The van der Waals surface area contributed by atoms with E-state index in [9.17, 15) is 13.2 Å². The van der Waals surface area contributed by atoms with E-state index in [1.165, 1.54) is 12.1 Å². The van der Waals surface area contributed by atoms with Gasteiger partial charge in [0.1, 0.15) is 5.76 Å². The number of alkyl halides is 3. The molecule has 1 aromatic carbocycles. The normalized spacial score (nSPS) is 21.3. The molecule has 2 nitrogen and oxygen atoms in total. The molecule has 0 amide bonds. The highest BCUT2D eigenvalue weighted by atomic mass is 19.4. The summed E-state index contributed by atoms with van der Waals surface area (Å²) in [6, 6.07) is 6.83. The molecule has 0 saturated heterocycles. The predicted octanol–water partition coefficient (Wildman–Crippen LogP) is 6.57. The summed E-state index contributed by atoms with van der Waals surface area (Å²) in [5.41, 5.74) is 2.25. The fourth-order valence-electron chi connectivity index (χ4n) is 3.32. The average Bonchev–Trinajstić information content (AvgIpc) is 2.57. The Bertz CT molecular complexity index is 666. The van der Waals surface area contributed by atoms with Gasteiger partial charge in [-0.3, -0.25) is 0 Å². The Hall–Kier alpha value is -2.17. The minimum absolute atomic E-state index is 0.166. The van der Waals surface area contributed by atoms with Crippen molar-refractivity contribution in [2.24, 2.45) is 0 Å². The molecule has 0 aromatic heterocycles. The zero-order valence-corrected chi connectivity index (χ0v) is 16.0. The average molecular weight is 379 g/mol. The predicted molar refractivity (Wildman–Crippen MR) is 105 cm³/mol. The summed E-state index contributed by atoms with van der Waals surface area (Å²) in [4.78, 5) is 0. The van der Waals surface area contributed by atoms with Gasteiger partial charge >= 0.3 is 6.18 Å².